The Hall–Kier alpha value is -3.20. The number of carbonyl (C=O) groups is 3. The lowest BCUT2D eigenvalue weighted by molar-refractivity contribution is -0.122. The zero-order chi connectivity index (χ0) is 20.3. The van der Waals surface area contributed by atoms with Gasteiger partial charge in [0.2, 0.25) is 0 Å². The molecular formula is C19H16BrN3O5. The van der Waals surface area contributed by atoms with E-state index >= 15 is 0 Å². The Morgan fingerprint density at radius 2 is 2.07 bits per heavy atom. The Morgan fingerprint density at radius 1 is 1.29 bits per heavy atom. The zero-order valence-corrected chi connectivity index (χ0v) is 16.6. The average Bonchev–Trinajstić information content (AvgIpc) is 2.67. The minimum Gasteiger partial charge on any atom is -0.493 e. The number of carbonyl (C=O) groups excluding carboxylic acids is 3. The monoisotopic (exact) mass is 445 g/mol. The van der Waals surface area contributed by atoms with Crippen LogP contribution >= 0.6 is 15.9 Å². The van der Waals surface area contributed by atoms with E-state index in [2.05, 4.69) is 26.2 Å². The van der Waals surface area contributed by atoms with E-state index in [0.717, 1.165) is 4.90 Å². The molecule has 1 fully saturated rings. The molecule has 2 aromatic rings. The van der Waals surface area contributed by atoms with Crippen LogP contribution in [0.4, 0.5) is 10.5 Å². The third-order valence-electron chi connectivity index (χ3n) is 3.86. The van der Waals surface area contributed by atoms with E-state index in [1.54, 1.807) is 24.3 Å². The Labute approximate surface area is 169 Å². The number of methoxy groups -OCH3 is 1. The molecule has 1 aliphatic heterocycles. The van der Waals surface area contributed by atoms with Gasteiger partial charge in [-0.15, -0.1) is 0 Å². The first-order valence-electron chi connectivity index (χ1n) is 8.28. The van der Waals surface area contributed by atoms with Crippen molar-refractivity contribution in [2.45, 2.75) is 6.92 Å². The first kappa shape index (κ1) is 19.6. The number of urea groups is 1. The van der Waals surface area contributed by atoms with Crippen molar-refractivity contribution in [3.63, 3.8) is 0 Å². The summed E-state index contributed by atoms with van der Waals surface area (Å²) in [5.41, 5.74) is 0.585. The van der Waals surface area contributed by atoms with E-state index in [1.165, 1.54) is 25.6 Å². The van der Waals surface area contributed by atoms with Crippen LogP contribution < -0.4 is 19.7 Å². The maximum absolute atomic E-state index is 12.8. The number of hydrogen-bond acceptors (Lipinski definition) is 6. The molecule has 0 atom stereocenters. The molecule has 4 amide bonds. The SMILES string of the molecule is CCOc1c(Br)cc(/C=C2\C(=O)NC(=O)N(c3cccnc3)C2=O)cc1OC. The van der Waals surface area contributed by atoms with Crippen molar-refractivity contribution in [1.82, 2.24) is 10.3 Å². The van der Waals surface area contributed by atoms with E-state index in [-0.39, 0.29) is 11.3 Å². The van der Waals surface area contributed by atoms with Gasteiger partial charge in [-0.2, -0.15) is 0 Å². The highest BCUT2D eigenvalue weighted by Gasteiger charge is 2.37. The molecule has 0 saturated carbocycles. The molecule has 3 rings (SSSR count). The Morgan fingerprint density at radius 3 is 2.71 bits per heavy atom. The van der Waals surface area contributed by atoms with Crippen LogP contribution in [0.1, 0.15) is 12.5 Å². The molecule has 0 unspecified atom stereocenters. The van der Waals surface area contributed by atoms with Gasteiger partial charge >= 0.3 is 6.03 Å². The number of nitrogens with one attached hydrogen (secondary N) is 1. The van der Waals surface area contributed by atoms with Gasteiger partial charge in [0.1, 0.15) is 5.57 Å². The summed E-state index contributed by atoms with van der Waals surface area (Å²) in [6.07, 6.45) is 4.26. The van der Waals surface area contributed by atoms with E-state index in [0.29, 0.717) is 28.1 Å². The van der Waals surface area contributed by atoms with E-state index in [9.17, 15) is 14.4 Å². The first-order valence-corrected chi connectivity index (χ1v) is 9.07. The van der Waals surface area contributed by atoms with Crippen LogP contribution in [-0.4, -0.2) is 36.5 Å². The maximum Gasteiger partial charge on any atom is 0.336 e. The summed E-state index contributed by atoms with van der Waals surface area (Å²) < 4.78 is 11.5. The standard InChI is InChI=1S/C19H16BrN3O5/c1-3-28-16-14(20)8-11(9-15(16)27-2)7-13-17(24)22-19(26)23(18(13)25)12-5-4-6-21-10-12/h4-10H,3H2,1-2H3,(H,22,24,26)/b13-7+. The molecule has 0 spiro atoms. The van der Waals surface area contributed by atoms with Gasteiger partial charge in [0.05, 0.1) is 30.1 Å². The topological polar surface area (TPSA) is 97.8 Å². The largest absolute Gasteiger partial charge is 0.493 e. The molecule has 0 bridgehead atoms. The van der Waals surface area contributed by atoms with Gasteiger partial charge in [-0.3, -0.25) is 19.9 Å². The predicted molar refractivity (Wildman–Crippen MR) is 105 cm³/mol. The molecule has 9 heteroatoms. The molecule has 1 aromatic carbocycles. The fourth-order valence-corrected chi connectivity index (χ4v) is 3.23. The number of hydrogen-bond donors (Lipinski definition) is 1. The fourth-order valence-electron chi connectivity index (χ4n) is 2.65. The predicted octanol–water partition coefficient (Wildman–Crippen LogP) is 2.92. The van der Waals surface area contributed by atoms with Gasteiger partial charge in [0, 0.05) is 6.20 Å². The van der Waals surface area contributed by atoms with Crippen molar-refractivity contribution < 1.29 is 23.9 Å². The lowest BCUT2D eigenvalue weighted by Crippen LogP contribution is -2.54. The highest BCUT2D eigenvalue weighted by molar-refractivity contribution is 9.10. The smallest absolute Gasteiger partial charge is 0.336 e. The first-order chi connectivity index (χ1) is 13.5. The fraction of sp³-hybridized carbons (Fsp3) is 0.158. The van der Waals surface area contributed by atoms with Crippen LogP contribution in [0, 0.1) is 0 Å². The molecule has 0 aliphatic carbocycles. The summed E-state index contributed by atoms with van der Waals surface area (Å²) in [7, 11) is 1.49. The quantitative estimate of drug-likeness (QED) is 0.561. The number of nitrogens with zero attached hydrogens (tertiary/aromatic N) is 2. The van der Waals surface area contributed by atoms with Gasteiger partial charge in [-0.25, -0.2) is 9.69 Å². The van der Waals surface area contributed by atoms with Crippen molar-refractivity contribution >= 4 is 45.5 Å². The normalized spacial score (nSPS) is 15.6. The van der Waals surface area contributed by atoms with Gasteiger partial charge in [-0.05, 0) is 58.8 Å². The van der Waals surface area contributed by atoms with Gasteiger partial charge in [-0.1, -0.05) is 0 Å². The molecule has 8 nitrogen and oxygen atoms in total. The van der Waals surface area contributed by atoms with Crippen LogP contribution in [0.3, 0.4) is 0 Å². The summed E-state index contributed by atoms with van der Waals surface area (Å²) in [4.78, 5) is 42.0. The molecule has 28 heavy (non-hydrogen) atoms. The third-order valence-corrected chi connectivity index (χ3v) is 4.45. The summed E-state index contributed by atoms with van der Waals surface area (Å²) >= 11 is 3.40. The van der Waals surface area contributed by atoms with Crippen LogP contribution in [-0.2, 0) is 9.59 Å². The summed E-state index contributed by atoms with van der Waals surface area (Å²) in [5.74, 6) is -0.574. The number of ether oxygens (including phenoxy) is 2. The Bertz CT molecular complexity index is 975. The van der Waals surface area contributed by atoms with Crippen LogP contribution in [0.15, 0.2) is 46.7 Å². The number of pyridine rings is 1. The van der Waals surface area contributed by atoms with Crippen molar-refractivity contribution in [3.8, 4) is 11.5 Å². The molecule has 2 heterocycles. The number of halogens is 1. The summed E-state index contributed by atoms with van der Waals surface area (Å²) in [6, 6.07) is 5.63. The number of barbiturate groups is 1. The molecule has 1 aromatic heterocycles. The van der Waals surface area contributed by atoms with Crippen LogP contribution in [0.2, 0.25) is 0 Å². The van der Waals surface area contributed by atoms with Crippen LogP contribution in [0.5, 0.6) is 11.5 Å². The van der Waals surface area contributed by atoms with E-state index in [1.807, 2.05) is 6.92 Å². The van der Waals surface area contributed by atoms with Crippen molar-refractivity contribution in [3.05, 3.63) is 52.3 Å². The number of aromatic nitrogens is 1. The van der Waals surface area contributed by atoms with Gasteiger partial charge in [0.15, 0.2) is 11.5 Å². The minimum atomic E-state index is -0.828. The second kappa shape index (κ2) is 8.22. The highest BCUT2D eigenvalue weighted by Crippen LogP contribution is 2.37. The second-order valence-corrected chi connectivity index (χ2v) is 6.49. The van der Waals surface area contributed by atoms with E-state index < -0.39 is 17.8 Å². The van der Waals surface area contributed by atoms with Crippen LogP contribution in [0.25, 0.3) is 6.08 Å². The molecule has 1 aliphatic rings. The molecule has 0 radical (unpaired) electrons. The van der Waals surface area contributed by atoms with Crippen molar-refractivity contribution in [2.75, 3.05) is 18.6 Å². The number of anilines is 1. The Kier molecular flexibility index (Phi) is 5.74. The molecular weight excluding hydrogens is 430 g/mol. The van der Waals surface area contributed by atoms with Gasteiger partial charge in [0.25, 0.3) is 11.8 Å². The van der Waals surface area contributed by atoms with Crippen molar-refractivity contribution in [2.24, 2.45) is 0 Å². The summed E-state index contributed by atoms with van der Waals surface area (Å²) in [5, 5.41) is 2.17. The van der Waals surface area contributed by atoms with E-state index in [4.69, 9.17) is 9.47 Å². The number of rotatable bonds is 5. The third kappa shape index (κ3) is 3.74. The Balaban J connectivity index is 2.03. The number of amides is 4. The van der Waals surface area contributed by atoms with Crippen molar-refractivity contribution in [1.29, 1.82) is 0 Å². The highest BCUT2D eigenvalue weighted by atomic mass is 79.9. The zero-order valence-electron chi connectivity index (χ0n) is 15.1. The minimum absolute atomic E-state index is 0.193. The lowest BCUT2D eigenvalue weighted by atomic mass is 10.1. The summed E-state index contributed by atoms with van der Waals surface area (Å²) in [6.45, 7) is 2.29. The lowest BCUT2D eigenvalue weighted by Gasteiger charge is -2.26. The number of benzene rings is 1. The molecule has 144 valence electrons. The molecule has 1 N–H and O–H groups in total. The second-order valence-electron chi connectivity index (χ2n) is 5.64. The number of imide groups is 2. The maximum atomic E-state index is 12.8. The average molecular weight is 446 g/mol. The molecule has 1 saturated heterocycles. The van der Waals surface area contributed by atoms with Gasteiger partial charge < -0.3 is 9.47 Å².